The number of carbonyl (C=O) groups is 2. The fourth-order valence-electron chi connectivity index (χ4n) is 3.77. The van der Waals surface area contributed by atoms with Crippen molar-refractivity contribution in [3.8, 4) is 0 Å². The molecule has 2 aromatic carbocycles. The van der Waals surface area contributed by atoms with E-state index in [-0.39, 0.29) is 44.7 Å². The topological polar surface area (TPSA) is 79.5 Å². The number of alkyl halides is 4. The molecular weight excluding hydrogens is 549 g/mol. The summed E-state index contributed by atoms with van der Waals surface area (Å²) >= 11 is 18.1. The first kappa shape index (κ1) is 26.5. The zero-order valence-corrected chi connectivity index (χ0v) is 20.7. The van der Waals surface area contributed by atoms with Crippen LogP contribution in [0, 0.1) is 6.92 Å². The lowest BCUT2D eigenvalue weighted by Crippen LogP contribution is -2.38. The maximum atomic E-state index is 13.7. The van der Waals surface area contributed by atoms with E-state index in [1.165, 1.54) is 30.3 Å². The molecule has 3 atom stereocenters. The zero-order valence-electron chi connectivity index (χ0n) is 18.4. The second-order valence-electron chi connectivity index (χ2n) is 8.33. The van der Waals surface area contributed by atoms with E-state index in [1.54, 1.807) is 6.92 Å². The van der Waals surface area contributed by atoms with Gasteiger partial charge in [-0.05, 0) is 41.8 Å². The van der Waals surface area contributed by atoms with Crippen LogP contribution in [-0.2, 0) is 9.63 Å². The van der Waals surface area contributed by atoms with Gasteiger partial charge in [0.1, 0.15) is 6.17 Å². The van der Waals surface area contributed by atoms with E-state index >= 15 is 0 Å². The lowest BCUT2D eigenvalue weighted by molar-refractivity contribution is -0.136. The van der Waals surface area contributed by atoms with E-state index in [0.717, 1.165) is 0 Å². The minimum atomic E-state index is -4.83. The molecule has 0 radical (unpaired) electrons. The Labute approximate surface area is 217 Å². The molecule has 0 saturated heterocycles. The number of benzene rings is 2. The fraction of sp³-hybridized carbons (Fsp3) is 0.304. The first-order valence-electron chi connectivity index (χ1n) is 10.6. The second-order valence-corrected chi connectivity index (χ2v) is 9.52. The molecule has 1 heterocycles. The van der Waals surface area contributed by atoms with Crippen LogP contribution in [0.4, 0.5) is 17.6 Å². The lowest BCUT2D eigenvalue weighted by atomic mass is 9.91. The highest BCUT2D eigenvalue weighted by Crippen LogP contribution is 2.46. The van der Waals surface area contributed by atoms with Crippen molar-refractivity contribution in [3.63, 3.8) is 0 Å². The highest BCUT2D eigenvalue weighted by molar-refractivity contribution is 6.48. The molecule has 1 fully saturated rings. The number of aryl methyl sites for hydroxylation is 1. The van der Waals surface area contributed by atoms with Gasteiger partial charge in [-0.25, -0.2) is 4.39 Å². The molecule has 4 rings (SSSR count). The number of hydrogen-bond acceptors (Lipinski definition) is 4. The van der Waals surface area contributed by atoms with Crippen LogP contribution >= 0.6 is 34.8 Å². The molecule has 13 heteroatoms. The molecule has 2 amide bonds. The van der Waals surface area contributed by atoms with Crippen LogP contribution in [0.2, 0.25) is 15.1 Å². The summed E-state index contributed by atoms with van der Waals surface area (Å²) < 4.78 is 54.1. The van der Waals surface area contributed by atoms with Crippen LogP contribution in [0.3, 0.4) is 0 Å². The number of nitrogens with one attached hydrogen (secondary N) is 3. The van der Waals surface area contributed by atoms with Crippen molar-refractivity contribution in [1.82, 2.24) is 16.1 Å². The molecule has 6 nitrogen and oxygen atoms in total. The maximum Gasteiger partial charge on any atom is 0.451 e. The van der Waals surface area contributed by atoms with E-state index in [9.17, 15) is 27.2 Å². The number of allylic oxidation sites excluding steroid dienone is 1. The van der Waals surface area contributed by atoms with E-state index in [2.05, 4.69) is 16.1 Å². The van der Waals surface area contributed by atoms with Gasteiger partial charge in [-0.15, -0.1) is 5.48 Å². The molecule has 0 bridgehead atoms. The number of carbonyl (C=O) groups excluding carboxylic acids is 2. The molecule has 192 valence electrons. The van der Waals surface area contributed by atoms with E-state index < -0.39 is 42.0 Å². The highest BCUT2D eigenvalue weighted by atomic mass is 35.5. The Morgan fingerprint density at radius 3 is 2.33 bits per heavy atom. The molecular formula is C23H18Cl3F4N3O3. The summed E-state index contributed by atoms with van der Waals surface area (Å²) in [6.07, 6.45) is -5.64. The third-order valence-corrected chi connectivity index (χ3v) is 6.86. The molecule has 36 heavy (non-hydrogen) atoms. The van der Waals surface area contributed by atoms with Gasteiger partial charge in [0.25, 0.3) is 5.91 Å². The minimum Gasteiger partial charge on any atom is -0.402 e. The summed E-state index contributed by atoms with van der Waals surface area (Å²) in [6.45, 7) is 1.25. The summed E-state index contributed by atoms with van der Waals surface area (Å²) in [6, 6.07) is 5.31. The second kappa shape index (κ2) is 10.1. The Balaban J connectivity index is 1.59. The summed E-state index contributed by atoms with van der Waals surface area (Å²) in [5.41, 5.74) is 3.17. The number of amides is 2. The van der Waals surface area contributed by atoms with Crippen molar-refractivity contribution in [2.45, 2.75) is 37.8 Å². The number of halogens is 7. The molecule has 2 aromatic rings. The Morgan fingerprint density at radius 1 is 1.14 bits per heavy atom. The van der Waals surface area contributed by atoms with Gasteiger partial charge in [0.15, 0.2) is 0 Å². The van der Waals surface area contributed by atoms with Crippen molar-refractivity contribution in [3.05, 3.63) is 73.4 Å². The van der Waals surface area contributed by atoms with Crippen LogP contribution in [-0.4, -0.2) is 36.7 Å². The van der Waals surface area contributed by atoms with Gasteiger partial charge in [-0.3, -0.25) is 9.59 Å². The number of rotatable bonds is 6. The van der Waals surface area contributed by atoms with E-state index in [4.69, 9.17) is 39.6 Å². The average molecular weight is 567 g/mol. The van der Waals surface area contributed by atoms with Crippen molar-refractivity contribution in [1.29, 1.82) is 0 Å². The summed E-state index contributed by atoms with van der Waals surface area (Å²) in [5, 5.41) is 4.82. The normalized spacial score (nSPS) is 21.3. The van der Waals surface area contributed by atoms with Gasteiger partial charge in [0.2, 0.25) is 11.7 Å². The van der Waals surface area contributed by atoms with Crippen LogP contribution in [0.15, 0.2) is 36.1 Å². The molecule has 1 aliphatic carbocycles. The molecule has 0 aromatic heterocycles. The van der Waals surface area contributed by atoms with Crippen molar-refractivity contribution >= 4 is 52.2 Å². The molecule has 3 unspecified atom stereocenters. The molecule has 1 saturated carbocycles. The van der Waals surface area contributed by atoms with Crippen molar-refractivity contribution in [2.24, 2.45) is 0 Å². The van der Waals surface area contributed by atoms with Gasteiger partial charge in [0.05, 0.1) is 33.7 Å². The van der Waals surface area contributed by atoms with Crippen LogP contribution in [0.25, 0.3) is 5.57 Å². The van der Waals surface area contributed by atoms with Crippen LogP contribution in [0.1, 0.15) is 39.5 Å². The Bertz CT molecular complexity index is 1250. The minimum absolute atomic E-state index is 0.00111. The SMILES string of the molecule is Cc1cc(C2NOC(C(F)(F)F)=C2c2cc(Cl)c(Cl)c(Cl)c2)ccc1C(=O)NCC(=O)NC1CC1F. The molecule has 3 N–H and O–H groups in total. The van der Waals surface area contributed by atoms with E-state index in [0.29, 0.717) is 11.1 Å². The Hall–Kier alpha value is -2.53. The smallest absolute Gasteiger partial charge is 0.402 e. The quantitative estimate of drug-likeness (QED) is 0.321. The van der Waals surface area contributed by atoms with E-state index in [1.807, 2.05) is 0 Å². The average Bonchev–Trinajstić information content (AvgIpc) is 3.29. The lowest BCUT2D eigenvalue weighted by Gasteiger charge is -2.17. The third-order valence-electron chi connectivity index (χ3n) is 5.66. The number of hydrogen-bond donors (Lipinski definition) is 3. The Kier molecular flexibility index (Phi) is 7.43. The van der Waals surface area contributed by atoms with Crippen LogP contribution < -0.4 is 16.1 Å². The predicted octanol–water partition coefficient (Wildman–Crippen LogP) is 5.46. The first-order chi connectivity index (χ1) is 16.9. The maximum absolute atomic E-state index is 13.7. The molecule has 2 aliphatic rings. The fourth-order valence-corrected chi connectivity index (χ4v) is 4.36. The monoisotopic (exact) mass is 565 g/mol. The van der Waals surface area contributed by atoms with Crippen molar-refractivity contribution in [2.75, 3.05) is 6.54 Å². The van der Waals surface area contributed by atoms with Crippen LogP contribution in [0.5, 0.6) is 0 Å². The van der Waals surface area contributed by atoms with Gasteiger partial charge < -0.3 is 15.5 Å². The molecule has 0 spiro atoms. The summed E-state index contributed by atoms with van der Waals surface area (Å²) in [7, 11) is 0. The van der Waals surface area contributed by atoms with Gasteiger partial charge in [-0.2, -0.15) is 13.2 Å². The summed E-state index contributed by atoms with van der Waals surface area (Å²) in [5.74, 6) is -2.36. The zero-order chi connectivity index (χ0) is 26.4. The molecule has 1 aliphatic heterocycles. The van der Waals surface area contributed by atoms with Crippen molar-refractivity contribution < 1.29 is 32.0 Å². The first-order valence-corrected chi connectivity index (χ1v) is 11.7. The van der Waals surface area contributed by atoms with Gasteiger partial charge in [0, 0.05) is 17.6 Å². The standard InChI is InChI=1S/C23H18Cl3F4N3O3/c1-9-4-10(2-3-12(9)22(35)31-8-17(34)32-16-7-15(16)27)20-18(21(36-33-20)23(28,29)30)11-5-13(24)19(26)14(25)6-11/h2-6,15-16,20,33H,7-8H2,1H3,(H,31,35)(H,32,34). The Morgan fingerprint density at radius 2 is 1.78 bits per heavy atom. The van der Waals surface area contributed by atoms with Gasteiger partial charge in [-0.1, -0.05) is 46.9 Å². The van der Waals surface area contributed by atoms with Gasteiger partial charge >= 0.3 is 6.18 Å². The predicted molar refractivity (Wildman–Crippen MR) is 126 cm³/mol. The number of hydroxylamine groups is 1. The third kappa shape index (κ3) is 5.56. The largest absolute Gasteiger partial charge is 0.451 e. The summed E-state index contributed by atoms with van der Waals surface area (Å²) in [4.78, 5) is 29.2. The highest BCUT2D eigenvalue weighted by Gasteiger charge is 2.46.